The smallest absolute Gasteiger partial charge is 0.299 e. The molecule has 5 saturated carbocycles. The molecule has 1 aromatic heterocycles. The van der Waals surface area contributed by atoms with E-state index < -0.39 is 21.9 Å². The van der Waals surface area contributed by atoms with Crippen molar-refractivity contribution in [3.63, 3.8) is 0 Å². The van der Waals surface area contributed by atoms with Crippen molar-refractivity contribution in [2.45, 2.75) is 82.0 Å². The summed E-state index contributed by atoms with van der Waals surface area (Å²) < 4.78 is 65.2. The molecule has 7 fully saturated rings. The SMILES string of the molecule is CC(C)n1nc([C@H]2CC[C@H](C(F)(F)F)CC2)cc1[C@]12C3[C@H](N4CCC5(C4)CS(=O)(=O)C5)C[C@@H]1[C@H]32. The molecule has 3 heterocycles. The molecule has 2 saturated heterocycles. The van der Waals surface area contributed by atoms with Gasteiger partial charge in [0, 0.05) is 41.1 Å². The van der Waals surface area contributed by atoms with Crippen molar-refractivity contribution in [1.82, 2.24) is 14.7 Å². The zero-order chi connectivity index (χ0) is 23.8. The Kier molecular flexibility index (Phi) is 4.30. The molecule has 0 radical (unpaired) electrons. The predicted molar refractivity (Wildman–Crippen MR) is 121 cm³/mol. The summed E-state index contributed by atoms with van der Waals surface area (Å²) >= 11 is 0. The van der Waals surface area contributed by atoms with Crippen LogP contribution in [-0.4, -0.2) is 59.9 Å². The first kappa shape index (κ1) is 22.1. The second kappa shape index (κ2) is 6.61. The van der Waals surface area contributed by atoms with Gasteiger partial charge in [0.1, 0.15) is 0 Å². The molecule has 0 aromatic carbocycles. The van der Waals surface area contributed by atoms with Gasteiger partial charge in [0.2, 0.25) is 0 Å². The molecule has 1 aromatic rings. The standard InChI is InChI=1S/C25H34F3N3O2S/c1-14(2)31-20(10-18(29-31)15-3-5-16(6-4-15)25(26,27)28)24-17-9-19(22(24)21(17)24)30-8-7-23(11-30)12-34(32,33)13-23/h10,14-17,19,21-22H,3-9,11-13H2,1-2H3/t15-,16-,17-,19-,21-,22?,24-/m1/s1. The lowest BCUT2D eigenvalue weighted by Crippen LogP contribution is -2.50. The van der Waals surface area contributed by atoms with Crippen LogP contribution in [0.4, 0.5) is 13.2 Å². The van der Waals surface area contributed by atoms with E-state index in [2.05, 4.69) is 29.5 Å². The number of rotatable bonds is 4. The van der Waals surface area contributed by atoms with Crippen molar-refractivity contribution in [3.8, 4) is 0 Å². The van der Waals surface area contributed by atoms with Gasteiger partial charge in [-0.25, -0.2) is 8.42 Å². The van der Waals surface area contributed by atoms with E-state index in [9.17, 15) is 21.6 Å². The van der Waals surface area contributed by atoms with E-state index in [1.807, 2.05) is 0 Å². The molecule has 1 spiro atoms. The summed E-state index contributed by atoms with van der Waals surface area (Å²) in [7, 11) is -2.81. The van der Waals surface area contributed by atoms with Crippen LogP contribution in [-0.2, 0) is 15.3 Å². The minimum absolute atomic E-state index is 0.0104. The largest absolute Gasteiger partial charge is 0.391 e. The average Bonchev–Trinajstić information content (AvgIpc) is 3.23. The Balaban J connectivity index is 1.09. The molecule has 2 aliphatic heterocycles. The molecule has 1 unspecified atom stereocenters. The minimum Gasteiger partial charge on any atom is -0.299 e. The number of hydrogen-bond acceptors (Lipinski definition) is 4. The Morgan fingerprint density at radius 2 is 1.82 bits per heavy atom. The highest BCUT2D eigenvalue weighted by atomic mass is 32.2. The van der Waals surface area contributed by atoms with Gasteiger partial charge in [-0.1, -0.05) is 0 Å². The van der Waals surface area contributed by atoms with Gasteiger partial charge in [0.25, 0.3) is 0 Å². The fourth-order valence-electron chi connectivity index (χ4n) is 8.99. The summed E-state index contributed by atoms with van der Waals surface area (Å²) in [4.78, 5) is 2.59. The molecule has 2 bridgehead atoms. The maximum absolute atomic E-state index is 13.1. The average molecular weight is 498 g/mol. The molecule has 9 heteroatoms. The fraction of sp³-hybridized carbons (Fsp3) is 0.880. The van der Waals surface area contributed by atoms with Crippen LogP contribution in [0, 0.1) is 29.1 Å². The summed E-state index contributed by atoms with van der Waals surface area (Å²) in [5, 5.41) is 4.99. The Bertz CT molecular complexity index is 1120. The Morgan fingerprint density at radius 1 is 1.12 bits per heavy atom. The Labute approximate surface area is 199 Å². The lowest BCUT2D eigenvalue weighted by molar-refractivity contribution is -0.182. The molecule has 0 N–H and O–H groups in total. The lowest BCUT2D eigenvalue weighted by atomic mass is 9.80. The number of likely N-dealkylation sites (tertiary alicyclic amines) is 1. The molecule has 0 amide bonds. The number of alkyl halides is 3. The quantitative estimate of drug-likeness (QED) is 0.622. The second-order valence-corrected chi connectivity index (χ2v) is 14.8. The van der Waals surface area contributed by atoms with E-state index in [4.69, 9.17) is 5.10 Å². The van der Waals surface area contributed by atoms with Crippen molar-refractivity contribution in [2.24, 2.45) is 29.1 Å². The van der Waals surface area contributed by atoms with Crippen LogP contribution < -0.4 is 0 Å². The van der Waals surface area contributed by atoms with Crippen LogP contribution in [0.5, 0.6) is 0 Å². The number of hydrogen-bond donors (Lipinski definition) is 0. The van der Waals surface area contributed by atoms with Gasteiger partial charge in [-0.15, -0.1) is 0 Å². The Hall–Kier alpha value is -1.09. The van der Waals surface area contributed by atoms with Crippen molar-refractivity contribution in [3.05, 3.63) is 17.5 Å². The van der Waals surface area contributed by atoms with Crippen LogP contribution in [0.15, 0.2) is 6.07 Å². The van der Waals surface area contributed by atoms with Gasteiger partial charge in [-0.2, -0.15) is 18.3 Å². The zero-order valence-corrected chi connectivity index (χ0v) is 20.7. The third-order valence-corrected chi connectivity index (χ3v) is 12.6. The van der Waals surface area contributed by atoms with Gasteiger partial charge in [-0.05, 0) is 82.7 Å². The monoisotopic (exact) mass is 497 g/mol. The number of sulfone groups is 1. The zero-order valence-electron chi connectivity index (χ0n) is 19.9. The summed E-state index contributed by atoms with van der Waals surface area (Å²) in [5.41, 5.74) is 2.58. The van der Waals surface area contributed by atoms with E-state index in [1.165, 1.54) is 12.1 Å². The van der Waals surface area contributed by atoms with Crippen molar-refractivity contribution >= 4 is 9.84 Å². The molecule has 188 valence electrons. The van der Waals surface area contributed by atoms with Crippen LogP contribution in [0.3, 0.4) is 0 Å². The van der Waals surface area contributed by atoms with Crippen molar-refractivity contribution in [2.75, 3.05) is 24.6 Å². The van der Waals surface area contributed by atoms with Gasteiger partial charge < -0.3 is 0 Å². The highest BCUT2D eigenvalue weighted by Gasteiger charge is 2.93. The van der Waals surface area contributed by atoms with Crippen molar-refractivity contribution in [1.29, 1.82) is 0 Å². The summed E-state index contributed by atoms with van der Waals surface area (Å²) in [6.07, 6.45) is -0.294. The normalized spacial score (nSPS) is 43.8. The first-order valence-corrected chi connectivity index (χ1v) is 14.9. The molecule has 8 rings (SSSR count). The Morgan fingerprint density at radius 3 is 2.41 bits per heavy atom. The first-order valence-electron chi connectivity index (χ1n) is 13.1. The van der Waals surface area contributed by atoms with E-state index in [0.29, 0.717) is 42.2 Å². The van der Waals surface area contributed by atoms with Gasteiger partial charge >= 0.3 is 6.18 Å². The molecule has 5 atom stereocenters. The number of nitrogens with zero attached hydrogens (tertiary/aromatic N) is 3. The third-order valence-electron chi connectivity index (χ3n) is 10.5. The summed E-state index contributed by atoms with van der Waals surface area (Å²) in [6.45, 7) is 6.25. The number of aromatic nitrogens is 2. The fourth-order valence-corrected chi connectivity index (χ4v) is 11.2. The molecular weight excluding hydrogens is 463 g/mol. The maximum Gasteiger partial charge on any atom is 0.391 e. The van der Waals surface area contributed by atoms with Gasteiger partial charge in [0.15, 0.2) is 9.84 Å². The van der Waals surface area contributed by atoms with Gasteiger partial charge in [0.05, 0.1) is 23.1 Å². The number of fused-ring (bicyclic) bond motifs is 1. The first-order chi connectivity index (χ1) is 16.0. The highest BCUT2D eigenvalue weighted by molar-refractivity contribution is 7.92. The molecule has 5 aliphatic carbocycles. The lowest BCUT2D eigenvalue weighted by Gasteiger charge is -2.38. The van der Waals surface area contributed by atoms with E-state index in [1.54, 1.807) is 0 Å². The third kappa shape index (κ3) is 2.88. The molecule has 34 heavy (non-hydrogen) atoms. The van der Waals surface area contributed by atoms with Crippen LogP contribution in [0.1, 0.15) is 75.7 Å². The molecule has 5 nitrogen and oxygen atoms in total. The molecule has 7 aliphatic rings. The van der Waals surface area contributed by atoms with E-state index in [0.717, 1.165) is 31.1 Å². The minimum atomic E-state index is -4.08. The van der Waals surface area contributed by atoms with Crippen LogP contribution >= 0.6 is 0 Å². The van der Waals surface area contributed by atoms with E-state index in [-0.39, 0.29) is 35.6 Å². The summed E-state index contributed by atoms with van der Waals surface area (Å²) in [6, 6.07) is 3.05. The summed E-state index contributed by atoms with van der Waals surface area (Å²) in [5.74, 6) is 1.79. The molecular formula is C25H34F3N3O2S. The maximum atomic E-state index is 13.1. The van der Waals surface area contributed by atoms with Crippen molar-refractivity contribution < 1.29 is 21.6 Å². The van der Waals surface area contributed by atoms with Gasteiger partial charge in [-0.3, -0.25) is 9.58 Å². The van der Waals surface area contributed by atoms with E-state index >= 15 is 0 Å². The topological polar surface area (TPSA) is 55.2 Å². The van der Waals surface area contributed by atoms with Crippen LogP contribution in [0.2, 0.25) is 0 Å². The predicted octanol–water partition coefficient (Wildman–Crippen LogP) is 4.31. The second-order valence-electron chi connectivity index (χ2n) is 12.7. The van der Waals surface area contributed by atoms with Crippen LogP contribution in [0.25, 0.3) is 0 Å². The highest BCUT2D eigenvalue weighted by Crippen LogP contribution is 2.91. The number of halogens is 3.